The number of carbonyl (C=O) groups is 1. The van der Waals surface area contributed by atoms with E-state index in [9.17, 15) is 9.90 Å². The number of benzene rings is 2. The van der Waals surface area contributed by atoms with Crippen LogP contribution in [0, 0.1) is 0 Å². The summed E-state index contributed by atoms with van der Waals surface area (Å²) in [5.74, 6) is 0.197. The number of nitrogens with one attached hydrogen (secondary N) is 1. The number of aryl methyl sites for hydroxylation is 1. The molecule has 0 aliphatic carbocycles. The van der Waals surface area contributed by atoms with Crippen LogP contribution in [0.15, 0.2) is 52.0 Å². The Bertz CT molecular complexity index is 702. The van der Waals surface area contributed by atoms with Crippen LogP contribution >= 0.6 is 15.9 Å². The van der Waals surface area contributed by atoms with Gasteiger partial charge in [0.1, 0.15) is 0 Å². The lowest BCUT2D eigenvalue weighted by molar-refractivity contribution is -0.121. The Hall–Kier alpha value is -2.34. The van der Waals surface area contributed by atoms with Gasteiger partial charge in [0.25, 0.3) is 0 Å². The molecule has 23 heavy (non-hydrogen) atoms. The van der Waals surface area contributed by atoms with E-state index >= 15 is 0 Å². The minimum Gasteiger partial charge on any atom is -0.503 e. The maximum atomic E-state index is 11.8. The molecule has 0 unspecified atom stereocenters. The number of phenols is 1. The molecular weight excluding hydrogens is 360 g/mol. The van der Waals surface area contributed by atoms with Crippen LogP contribution in [0.5, 0.6) is 11.5 Å². The summed E-state index contributed by atoms with van der Waals surface area (Å²) in [6.07, 6.45) is 2.53. The zero-order valence-corrected chi connectivity index (χ0v) is 14.2. The smallest absolute Gasteiger partial charge is 0.240 e. The highest BCUT2D eigenvalue weighted by Crippen LogP contribution is 2.34. The third-order valence-corrected chi connectivity index (χ3v) is 3.76. The van der Waals surface area contributed by atoms with Gasteiger partial charge in [-0.05, 0) is 45.6 Å². The molecule has 2 aromatic rings. The molecule has 2 aromatic carbocycles. The van der Waals surface area contributed by atoms with Crippen molar-refractivity contribution in [1.82, 2.24) is 5.43 Å². The van der Waals surface area contributed by atoms with E-state index in [0.717, 1.165) is 5.56 Å². The van der Waals surface area contributed by atoms with Crippen molar-refractivity contribution >= 4 is 28.1 Å². The van der Waals surface area contributed by atoms with E-state index in [1.54, 1.807) is 12.1 Å². The Morgan fingerprint density at radius 3 is 2.78 bits per heavy atom. The predicted octanol–water partition coefficient (Wildman–Crippen LogP) is 3.25. The molecule has 0 saturated carbocycles. The van der Waals surface area contributed by atoms with E-state index in [2.05, 4.69) is 26.5 Å². The topological polar surface area (TPSA) is 70.9 Å². The molecule has 0 aliphatic heterocycles. The van der Waals surface area contributed by atoms with Gasteiger partial charge in [-0.25, -0.2) is 5.43 Å². The Balaban J connectivity index is 1.89. The molecule has 0 bridgehead atoms. The number of hydrogen-bond acceptors (Lipinski definition) is 4. The van der Waals surface area contributed by atoms with Gasteiger partial charge in [0, 0.05) is 6.42 Å². The molecule has 0 radical (unpaired) electrons. The molecule has 2 rings (SSSR count). The number of carbonyl (C=O) groups excluding carboxylic acids is 1. The number of hydrogen-bond donors (Lipinski definition) is 2. The van der Waals surface area contributed by atoms with Crippen molar-refractivity contribution in [2.75, 3.05) is 7.11 Å². The highest BCUT2D eigenvalue weighted by atomic mass is 79.9. The van der Waals surface area contributed by atoms with Crippen LogP contribution in [0.2, 0.25) is 0 Å². The third kappa shape index (κ3) is 5.10. The zero-order valence-electron chi connectivity index (χ0n) is 12.6. The summed E-state index contributed by atoms with van der Waals surface area (Å²) in [6.45, 7) is 0. The van der Waals surface area contributed by atoms with Gasteiger partial charge in [0.2, 0.25) is 5.91 Å². The van der Waals surface area contributed by atoms with Gasteiger partial charge in [-0.1, -0.05) is 30.3 Å². The first-order chi connectivity index (χ1) is 11.1. The number of aromatic hydroxyl groups is 1. The minimum atomic E-state index is -0.157. The summed E-state index contributed by atoms with van der Waals surface area (Å²) in [5.41, 5.74) is 4.28. The molecule has 0 heterocycles. The first-order valence-electron chi connectivity index (χ1n) is 7.02. The third-order valence-electron chi connectivity index (χ3n) is 3.16. The van der Waals surface area contributed by atoms with Gasteiger partial charge >= 0.3 is 0 Å². The Morgan fingerprint density at radius 2 is 2.09 bits per heavy atom. The molecular formula is C17H17BrN2O3. The molecule has 2 N–H and O–H groups in total. The first-order valence-corrected chi connectivity index (χ1v) is 7.82. The summed E-state index contributed by atoms with van der Waals surface area (Å²) in [7, 11) is 1.47. The van der Waals surface area contributed by atoms with E-state index in [1.165, 1.54) is 13.3 Å². The normalized spacial score (nSPS) is 10.7. The lowest BCUT2D eigenvalue weighted by atomic mass is 10.1. The van der Waals surface area contributed by atoms with Crippen molar-refractivity contribution in [1.29, 1.82) is 0 Å². The standard InChI is InChI=1S/C17H17BrN2O3/c1-23-15-10-13(9-14(18)17(15)22)11-19-20-16(21)8-7-12-5-3-2-4-6-12/h2-6,9-11,22H,7-8H2,1H3,(H,20,21)/b19-11-. The summed E-state index contributed by atoms with van der Waals surface area (Å²) in [6, 6.07) is 13.1. The maximum Gasteiger partial charge on any atom is 0.240 e. The number of rotatable bonds is 6. The summed E-state index contributed by atoms with van der Waals surface area (Å²) >= 11 is 3.23. The number of methoxy groups -OCH3 is 1. The highest BCUT2D eigenvalue weighted by molar-refractivity contribution is 9.10. The molecule has 0 fully saturated rings. The van der Waals surface area contributed by atoms with Crippen LogP contribution < -0.4 is 10.2 Å². The van der Waals surface area contributed by atoms with Crippen LogP contribution in [-0.2, 0) is 11.2 Å². The quantitative estimate of drug-likeness (QED) is 0.600. The van der Waals surface area contributed by atoms with Crippen LogP contribution in [0.25, 0.3) is 0 Å². The largest absolute Gasteiger partial charge is 0.503 e. The average molecular weight is 377 g/mol. The Kier molecular flexibility index (Phi) is 6.17. The van der Waals surface area contributed by atoms with Crippen molar-refractivity contribution in [3.63, 3.8) is 0 Å². The molecule has 5 nitrogen and oxygen atoms in total. The van der Waals surface area contributed by atoms with E-state index < -0.39 is 0 Å². The summed E-state index contributed by atoms with van der Waals surface area (Å²) in [4.78, 5) is 11.8. The maximum absolute atomic E-state index is 11.8. The highest BCUT2D eigenvalue weighted by Gasteiger charge is 2.07. The molecule has 1 amide bonds. The Labute approximate surface area is 143 Å². The van der Waals surface area contributed by atoms with Crippen molar-refractivity contribution in [3.8, 4) is 11.5 Å². The number of phenolic OH excluding ortho intramolecular Hbond substituents is 1. The lowest BCUT2D eigenvalue weighted by Crippen LogP contribution is -2.17. The number of hydrazone groups is 1. The zero-order chi connectivity index (χ0) is 16.7. The van der Waals surface area contributed by atoms with Gasteiger partial charge in [-0.3, -0.25) is 4.79 Å². The van der Waals surface area contributed by atoms with E-state index in [0.29, 0.717) is 28.6 Å². The second-order valence-corrected chi connectivity index (χ2v) is 5.69. The van der Waals surface area contributed by atoms with Crippen LogP contribution in [0.3, 0.4) is 0 Å². The SMILES string of the molecule is COc1cc(/C=N\NC(=O)CCc2ccccc2)cc(Br)c1O. The fourth-order valence-electron chi connectivity index (χ4n) is 1.96. The number of nitrogens with zero attached hydrogens (tertiary/aromatic N) is 1. The van der Waals surface area contributed by atoms with Crippen molar-refractivity contribution in [3.05, 3.63) is 58.1 Å². The van der Waals surface area contributed by atoms with Crippen molar-refractivity contribution < 1.29 is 14.6 Å². The van der Waals surface area contributed by atoms with E-state index in [4.69, 9.17) is 4.74 Å². The fraction of sp³-hybridized carbons (Fsp3) is 0.176. The van der Waals surface area contributed by atoms with Gasteiger partial charge < -0.3 is 9.84 Å². The van der Waals surface area contributed by atoms with E-state index in [-0.39, 0.29) is 11.7 Å². The lowest BCUT2D eigenvalue weighted by Gasteiger charge is -2.06. The first kappa shape index (κ1) is 17.0. The Morgan fingerprint density at radius 1 is 1.35 bits per heavy atom. The average Bonchev–Trinajstić information content (AvgIpc) is 2.57. The summed E-state index contributed by atoms with van der Waals surface area (Å²) < 4.78 is 5.55. The number of ether oxygens (including phenoxy) is 1. The van der Waals surface area contributed by atoms with Crippen LogP contribution in [0.1, 0.15) is 17.5 Å². The number of halogens is 1. The second-order valence-electron chi connectivity index (χ2n) is 4.83. The predicted molar refractivity (Wildman–Crippen MR) is 92.9 cm³/mol. The molecule has 0 aliphatic rings. The fourth-order valence-corrected chi connectivity index (χ4v) is 2.42. The molecule has 0 aromatic heterocycles. The van der Waals surface area contributed by atoms with Gasteiger partial charge in [-0.15, -0.1) is 0 Å². The van der Waals surface area contributed by atoms with Gasteiger partial charge in [0.05, 0.1) is 17.8 Å². The number of amides is 1. The minimum absolute atomic E-state index is 0.0246. The second kappa shape index (κ2) is 8.33. The van der Waals surface area contributed by atoms with Crippen LogP contribution in [-0.4, -0.2) is 24.3 Å². The van der Waals surface area contributed by atoms with Crippen LogP contribution in [0.4, 0.5) is 0 Å². The van der Waals surface area contributed by atoms with Gasteiger partial charge in [0.15, 0.2) is 11.5 Å². The molecule has 0 atom stereocenters. The molecule has 0 spiro atoms. The molecule has 0 saturated heterocycles. The molecule has 120 valence electrons. The molecule has 6 heteroatoms. The van der Waals surface area contributed by atoms with Crippen molar-refractivity contribution in [2.45, 2.75) is 12.8 Å². The van der Waals surface area contributed by atoms with Gasteiger partial charge in [-0.2, -0.15) is 5.10 Å². The van der Waals surface area contributed by atoms with E-state index in [1.807, 2.05) is 30.3 Å². The van der Waals surface area contributed by atoms with Crippen molar-refractivity contribution in [2.24, 2.45) is 5.10 Å². The summed E-state index contributed by atoms with van der Waals surface area (Å²) in [5, 5.41) is 13.6. The monoisotopic (exact) mass is 376 g/mol.